The zero-order valence-electron chi connectivity index (χ0n) is 14.3. The van der Waals surface area contributed by atoms with E-state index < -0.39 is 5.63 Å². The Morgan fingerprint density at radius 1 is 1.16 bits per heavy atom. The second-order valence-corrected chi connectivity index (χ2v) is 6.11. The van der Waals surface area contributed by atoms with Crippen molar-refractivity contribution >= 4 is 11.0 Å². The monoisotopic (exact) mass is 341 g/mol. The molecule has 3 aromatic rings. The molecule has 2 aromatic carbocycles. The Bertz CT molecular complexity index is 965. The molecule has 130 valence electrons. The van der Waals surface area contributed by atoms with Gasteiger partial charge in [0, 0.05) is 30.1 Å². The van der Waals surface area contributed by atoms with E-state index in [0.717, 1.165) is 23.1 Å². The lowest BCUT2D eigenvalue weighted by molar-refractivity contribution is 0.271. The van der Waals surface area contributed by atoms with E-state index >= 15 is 0 Å². The van der Waals surface area contributed by atoms with E-state index in [1.54, 1.807) is 25.1 Å². The highest BCUT2D eigenvalue weighted by Crippen LogP contribution is 2.28. The van der Waals surface area contributed by atoms with Gasteiger partial charge >= 0.3 is 5.63 Å². The van der Waals surface area contributed by atoms with E-state index in [-0.39, 0.29) is 11.6 Å². The third kappa shape index (κ3) is 3.72. The Kier molecular flexibility index (Phi) is 4.86. The molecule has 0 saturated carbocycles. The molecule has 0 aliphatic heterocycles. The number of hydrogen-bond donors (Lipinski definition) is 1. The quantitative estimate of drug-likeness (QED) is 0.714. The number of nitrogens with zero attached hydrogens (tertiary/aromatic N) is 1. The standard InChI is InChI=1S/C20H20FNO3/c1-3-22(11-14-5-4-6-16(21)9-14)12-15-10-19(24)25-20-13(2)18(23)8-7-17(15)20/h4-10,23H,3,11-12H2,1-2H3. The van der Waals surface area contributed by atoms with Gasteiger partial charge in [-0.25, -0.2) is 9.18 Å². The van der Waals surface area contributed by atoms with Gasteiger partial charge in [-0.2, -0.15) is 0 Å². The predicted octanol–water partition coefficient (Wildman–Crippen LogP) is 3.97. The Morgan fingerprint density at radius 2 is 1.96 bits per heavy atom. The predicted molar refractivity (Wildman–Crippen MR) is 95.1 cm³/mol. The minimum Gasteiger partial charge on any atom is -0.508 e. The Balaban J connectivity index is 1.95. The average Bonchev–Trinajstić information content (AvgIpc) is 2.58. The number of benzene rings is 2. The molecule has 0 bridgehead atoms. The molecule has 0 atom stereocenters. The first-order chi connectivity index (χ1) is 12.0. The minimum absolute atomic E-state index is 0.0971. The number of phenols is 1. The maximum Gasteiger partial charge on any atom is 0.336 e. The molecule has 25 heavy (non-hydrogen) atoms. The smallest absolute Gasteiger partial charge is 0.336 e. The highest BCUT2D eigenvalue weighted by Gasteiger charge is 2.13. The van der Waals surface area contributed by atoms with Crippen LogP contribution in [0.2, 0.25) is 0 Å². The lowest BCUT2D eigenvalue weighted by atomic mass is 10.1. The summed E-state index contributed by atoms with van der Waals surface area (Å²) in [4.78, 5) is 14.0. The molecule has 4 nitrogen and oxygen atoms in total. The third-order valence-corrected chi connectivity index (χ3v) is 4.35. The molecule has 3 rings (SSSR count). The Morgan fingerprint density at radius 3 is 2.68 bits per heavy atom. The van der Waals surface area contributed by atoms with Crippen LogP contribution in [0.4, 0.5) is 4.39 Å². The number of halogens is 1. The summed E-state index contributed by atoms with van der Waals surface area (Å²) >= 11 is 0. The van der Waals surface area contributed by atoms with E-state index in [0.29, 0.717) is 24.2 Å². The summed E-state index contributed by atoms with van der Waals surface area (Å²) in [5.41, 5.74) is 2.21. The molecule has 0 spiro atoms. The molecule has 0 radical (unpaired) electrons. The highest BCUT2D eigenvalue weighted by molar-refractivity contribution is 5.84. The van der Waals surface area contributed by atoms with Gasteiger partial charge in [0.2, 0.25) is 0 Å². The van der Waals surface area contributed by atoms with Crippen molar-refractivity contribution in [2.75, 3.05) is 6.54 Å². The molecule has 0 saturated heterocycles. The molecule has 0 fully saturated rings. The van der Waals surface area contributed by atoms with Gasteiger partial charge in [-0.05, 0) is 48.9 Å². The van der Waals surface area contributed by atoms with E-state index in [2.05, 4.69) is 4.90 Å². The van der Waals surface area contributed by atoms with Crippen LogP contribution >= 0.6 is 0 Å². The maximum atomic E-state index is 13.4. The van der Waals surface area contributed by atoms with E-state index in [1.807, 2.05) is 13.0 Å². The van der Waals surface area contributed by atoms with E-state index in [1.165, 1.54) is 18.2 Å². The fraction of sp³-hybridized carbons (Fsp3) is 0.250. The van der Waals surface area contributed by atoms with Gasteiger partial charge < -0.3 is 9.52 Å². The van der Waals surface area contributed by atoms with Crippen LogP contribution in [0.15, 0.2) is 51.7 Å². The average molecular weight is 341 g/mol. The van der Waals surface area contributed by atoms with Crippen LogP contribution in [0.3, 0.4) is 0 Å². The molecule has 0 unspecified atom stereocenters. The zero-order valence-corrected chi connectivity index (χ0v) is 14.3. The first-order valence-corrected chi connectivity index (χ1v) is 8.20. The fourth-order valence-corrected chi connectivity index (χ4v) is 2.96. The molecule has 0 aliphatic carbocycles. The lowest BCUT2D eigenvalue weighted by Gasteiger charge is -2.21. The van der Waals surface area contributed by atoms with Crippen LogP contribution in [-0.2, 0) is 13.1 Å². The van der Waals surface area contributed by atoms with Crippen molar-refractivity contribution in [1.82, 2.24) is 4.90 Å². The second kappa shape index (κ2) is 7.07. The van der Waals surface area contributed by atoms with Crippen LogP contribution in [-0.4, -0.2) is 16.6 Å². The van der Waals surface area contributed by atoms with Crippen molar-refractivity contribution in [2.24, 2.45) is 0 Å². The first kappa shape index (κ1) is 17.2. The summed E-state index contributed by atoms with van der Waals surface area (Å²) in [6.07, 6.45) is 0. The fourth-order valence-electron chi connectivity index (χ4n) is 2.96. The first-order valence-electron chi connectivity index (χ1n) is 8.20. The van der Waals surface area contributed by atoms with Crippen LogP contribution in [0.1, 0.15) is 23.6 Å². The topological polar surface area (TPSA) is 53.7 Å². The molecule has 1 heterocycles. The van der Waals surface area contributed by atoms with Crippen molar-refractivity contribution in [3.63, 3.8) is 0 Å². The van der Waals surface area contributed by atoms with Crippen molar-refractivity contribution in [2.45, 2.75) is 26.9 Å². The largest absolute Gasteiger partial charge is 0.508 e. The second-order valence-electron chi connectivity index (χ2n) is 6.11. The third-order valence-electron chi connectivity index (χ3n) is 4.35. The summed E-state index contributed by atoms with van der Waals surface area (Å²) in [5, 5.41) is 10.6. The lowest BCUT2D eigenvalue weighted by Crippen LogP contribution is -2.23. The van der Waals surface area contributed by atoms with Gasteiger partial charge in [-0.3, -0.25) is 4.90 Å². The van der Waals surface area contributed by atoms with Crippen molar-refractivity contribution in [3.05, 3.63) is 75.4 Å². The molecular formula is C20H20FNO3. The van der Waals surface area contributed by atoms with E-state index in [9.17, 15) is 14.3 Å². The zero-order chi connectivity index (χ0) is 18.0. The maximum absolute atomic E-state index is 13.4. The van der Waals surface area contributed by atoms with Crippen molar-refractivity contribution in [3.8, 4) is 5.75 Å². The van der Waals surface area contributed by atoms with Crippen LogP contribution in [0.5, 0.6) is 5.75 Å². The van der Waals surface area contributed by atoms with Gasteiger partial charge in [-0.15, -0.1) is 0 Å². The Labute approximate surface area is 145 Å². The molecule has 0 amide bonds. The molecular weight excluding hydrogens is 321 g/mol. The van der Waals surface area contributed by atoms with Crippen molar-refractivity contribution < 1.29 is 13.9 Å². The van der Waals surface area contributed by atoms with E-state index in [4.69, 9.17) is 4.42 Å². The number of phenolic OH excluding ortho intramolecular Hbond substituents is 1. The molecule has 5 heteroatoms. The summed E-state index contributed by atoms with van der Waals surface area (Å²) in [7, 11) is 0. The molecule has 1 N–H and O–H groups in total. The summed E-state index contributed by atoms with van der Waals surface area (Å²) in [6.45, 7) is 5.58. The normalized spacial score (nSPS) is 11.4. The van der Waals surface area contributed by atoms with Crippen LogP contribution < -0.4 is 5.63 Å². The molecule has 1 aromatic heterocycles. The van der Waals surface area contributed by atoms with Gasteiger partial charge in [0.05, 0.1) is 0 Å². The van der Waals surface area contributed by atoms with Crippen LogP contribution in [0.25, 0.3) is 11.0 Å². The number of aryl methyl sites for hydroxylation is 1. The summed E-state index contributed by atoms with van der Waals surface area (Å²) in [5.74, 6) is -0.162. The SMILES string of the molecule is CCN(Cc1cccc(F)c1)Cc1cc(=O)oc2c(C)c(O)ccc12. The summed E-state index contributed by atoms with van der Waals surface area (Å²) < 4.78 is 18.7. The molecule has 0 aliphatic rings. The number of rotatable bonds is 5. The summed E-state index contributed by atoms with van der Waals surface area (Å²) in [6, 6.07) is 11.3. The van der Waals surface area contributed by atoms with Gasteiger partial charge in [0.1, 0.15) is 17.1 Å². The van der Waals surface area contributed by atoms with Crippen molar-refractivity contribution in [1.29, 1.82) is 0 Å². The highest BCUT2D eigenvalue weighted by atomic mass is 19.1. The van der Waals surface area contributed by atoms with Gasteiger partial charge in [0.25, 0.3) is 0 Å². The number of aromatic hydroxyl groups is 1. The Hall–Kier alpha value is -2.66. The van der Waals surface area contributed by atoms with Gasteiger partial charge in [0.15, 0.2) is 0 Å². The minimum atomic E-state index is -0.446. The number of hydrogen-bond acceptors (Lipinski definition) is 4. The number of fused-ring (bicyclic) bond motifs is 1. The van der Waals surface area contributed by atoms with Gasteiger partial charge in [-0.1, -0.05) is 19.1 Å². The van der Waals surface area contributed by atoms with Crippen LogP contribution in [0, 0.1) is 12.7 Å².